The van der Waals surface area contributed by atoms with Gasteiger partial charge in [-0.1, -0.05) is 57.8 Å². The first kappa shape index (κ1) is 29.3. The van der Waals surface area contributed by atoms with Crippen LogP contribution in [0.2, 0.25) is 25.7 Å². The maximum Gasteiger partial charge on any atom is 0.407 e. The van der Waals surface area contributed by atoms with Gasteiger partial charge in [0.05, 0.1) is 18.5 Å². The average Bonchev–Trinajstić information content (AvgIpc) is 3.55. The lowest BCUT2D eigenvalue weighted by Gasteiger charge is -2.17. The normalized spacial score (nSPS) is 12.6. The maximum absolute atomic E-state index is 11.7. The molecule has 0 aliphatic rings. The predicted octanol–water partition coefficient (Wildman–Crippen LogP) is 6.12. The molecule has 1 amide bonds. The fourth-order valence-electron chi connectivity index (χ4n) is 4.54. The Bertz CT molecular complexity index is 1460. The Kier molecular flexibility index (Phi) is 8.94. The summed E-state index contributed by atoms with van der Waals surface area (Å²) in [5.74, 6) is 0.793. The highest BCUT2D eigenvalue weighted by atomic mass is 28.3. The van der Waals surface area contributed by atoms with Crippen LogP contribution in [-0.4, -0.2) is 59.3 Å². The first-order valence-corrected chi connectivity index (χ1v) is 17.3. The number of rotatable bonds is 11. The molecule has 0 radical (unpaired) electrons. The van der Waals surface area contributed by atoms with Gasteiger partial charge in [-0.25, -0.2) is 19.0 Å². The number of nitrogens with zero attached hydrogens (tertiary/aromatic N) is 5. The van der Waals surface area contributed by atoms with E-state index in [1.54, 1.807) is 18.7 Å². The molecule has 4 rings (SSSR count). The van der Waals surface area contributed by atoms with E-state index in [-0.39, 0.29) is 12.0 Å². The molecule has 1 N–H and O–H groups in total. The molecule has 1 aromatic carbocycles. The number of hydrogen-bond donors (Lipinski definition) is 1. The molecular formula is C29H40N6O4Si. The molecule has 1 atom stereocenters. The van der Waals surface area contributed by atoms with E-state index in [2.05, 4.69) is 48.9 Å². The molecule has 0 bridgehead atoms. The van der Waals surface area contributed by atoms with Crippen molar-refractivity contribution in [3.05, 3.63) is 54.0 Å². The average molecular weight is 565 g/mol. The Morgan fingerprint density at radius 3 is 2.45 bits per heavy atom. The number of fused-ring (bicyclic) bond motifs is 1. The molecule has 4 aromatic rings. The van der Waals surface area contributed by atoms with Crippen LogP contribution in [0.4, 0.5) is 4.79 Å². The smallest absolute Gasteiger partial charge is 0.407 e. The maximum atomic E-state index is 11.7. The lowest BCUT2D eigenvalue weighted by atomic mass is 9.93. The van der Waals surface area contributed by atoms with Crippen LogP contribution in [0.25, 0.3) is 28.2 Å². The van der Waals surface area contributed by atoms with Gasteiger partial charge in [0.25, 0.3) is 0 Å². The topological polar surface area (TPSA) is 105 Å². The monoisotopic (exact) mass is 564 g/mol. The Hall–Kier alpha value is -3.70. The Morgan fingerprint density at radius 2 is 1.82 bits per heavy atom. The molecule has 11 heteroatoms. The number of alkyl carbamates (subject to hydrolysis) is 1. The summed E-state index contributed by atoms with van der Waals surface area (Å²) in [4.78, 5) is 16.0. The third-order valence-electron chi connectivity index (χ3n) is 6.75. The van der Waals surface area contributed by atoms with Crippen LogP contribution < -0.4 is 10.1 Å². The molecule has 3 heterocycles. The zero-order valence-corrected chi connectivity index (χ0v) is 25.7. The fraction of sp³-hybridized carbons (Fsp3) is 0.448. The number of nitrogens with one attached hydrogen (secondary N) is 1. The van der Waals surface area contributed by atoms with Gasteiger partial charge in [0.2, 0.25) is 0 Å². The summed E-state index contributed by atoms with van der Waals surface area (Å²) in [6, 6.07) is 11.0. The van der Waals surface area contributed by atoms with E-state index in [0.717, 1.165) is 39.7 Å². The van der Waals surface area contributed by atoms with Crippen LogP contribution >= 0.6 is 0 Å². The van der Waals surface area contributed by atoms with Crippen LogP contribution in [-0.2, 0) is 16.2 Å². The molecular weight excluding hydrogens is 524 g/mol. The van der Waals surface area contributed by atoms with Crippen molar-refractivity contribution in [3.8, 4) is 28.3 Å². The SMILES string of the molecule is CNC(=O)O[C@@H](C)c1ccc(-c2nn(COCC[Si](C)(C)C)c(-c3cc(OC)c4ncnn4c3)c2C(C)C)cc1. The van der Waals surface area contributed by atoms with Gasteiger partial charge >= 0.3 is 6.09 Å². The molecule has 0 aliphatic carbocycles. The third-order valence-corrected chi connectivity index (χ3v) is 8.46. The number of pyridine rings is 1. The highest BCUT2D eigenvalue weighted by Gasteiger charge is 2.25. The zero-order chi connectivity index (χ0) is 29.0. The van der Waals surface area contributed by atoms with Crippen molar-refractivity contribution in [1.29, 1.82) is 0 Å². The number of aromatic nitrogens is 5. The first-order valence-electron chi connectivity index (χ1n) is 13.6. The molecule has 0 unspecified atom stereocenters. The van der Waals surface area contributed by atoms with Crippen molar-refractivity contribution in [2.24, 2.45) is 0 Å². The molecule has 0 saturated carbocycles. The summed E-state index contributed by atoms with van der Waals surface area (Å²) in [7, 11) is 1.94. The van der Waals surface area contributed by atoms with Crippen LogP contribution in [0.5, 0.6) is 5.75 Å². The van der Waals surface area contributed by atoms with E-state index in [9.17, 15) is 4.79 Å². The number of ether oxygens (including phenoxy) is 3. The minimum absolute atomic E-state index is 0.161. The molecule has 0 aliphatic heterocycles. The van der Waals surface area contributed by atoms with E-state index >= 15 is 0 Å². The Balaban J connectivity index is 1.79. The second-order valence-corrected chi connectivity index (χ2v) is 17.0. The van der Waals surface area contributed by atoms with Gasteiger partial charge in [0, 0.05) is 44.6 Å². The molecule has 214 valence electrons. The van der Waals surface area contributed by atoms with Gasteiger partial charge in [0.15, 0.2) is 11.4 Å². The quantitative estimate of drug-likeness (QED) is 0.173. The van der Waals surface area contributed by atoms with Crippen LogP contribution in [0, 0.1) is 0 Å². The first-order chi connectivity index (χ1) is 19.0. The largest absolute Gasteiger partial charge is 0.493 e. The van der Waals surface area contributed by atoms with Gasteiger partial charge in [0.1, 0.15) is 19.2 Å². The lowest BCUT2D eigenvalue weighted by Crippen LogP contribution is -2.22. The van der Waals surface area contributed by atoms with E-state index < -0.39 is 14.2 Å². The summed E-state index contributed by atoms with van der Waals surface area (Å²) in [5.41, 5.74) is 6.35. The zero-order valence-electron chi connectivity index (χ0n) is 24.7. The number of carbonyl (C=O) groups is 1. The highest BCUT2D eigenvalue weighted by molar-refractivity contribution is 6.76. The predicted molar refractivity (Wildman–Crippen MR) is 158 cm³/mol. The second-order valence-electron chi connectivity index (χ2n) is 11.4. The van der Waals surface area contributed by atoms with Crippen LogP contribution in [0.15, 0.2) is 42.9 Å². The number of methoxy groups -OCH3 is 1. The molecule has 0 saturated heterocycles. The highest BCUT2D eigenvalue weighted by Crippen LogP contribution is 2.39. The number of amides is 1. The van der Waals surface area contributed by atoms with Crippen molar-refractivity contribution < 1.29 is 19.0 Å². The van der Waals surface area contributed by atoms with E-state index in [1.165, 1.54) is 6.33 Å². The molecule has 0 spiro atoms. The van der Waals surface area contributed by atoms with Crippen molar-refractivity contribution in [2.75, 3.05) is 20.8 Å². The Labute approximate surface area is 236 Å². The van der Waals surface area contributed by atoms with Crippen molar-refractivity contribution in [3.63, 3.8) is 0 Å². The standard InChI is InChI=1S/C29H40N6O4Si/c1-19(2)25-26(22-11-9-21(10-12-22)20(3)39-29(36)30-4)33-35(18-38-13-14-40(6,7)8)27(25)23-15-24(37-5)28-31-17-32-34(28)16-23/h9-12,15-17,19-20H,13-14,18H2,1-8H3,(H,30,36)/t20-/m0/s1. The summed E-state index contributed by atoms with van der Waals surface area (Å²) in [6.07, 6.45) is 2.63. The van der Waals surface area contributed by atoms with Crippen molar-refractivity contribution in [1.82, 2.24) is 29.7 Å². The number of hydrogen-bond acceptors (Lipinski definition) is 7. The molecule has 40 heavy (non-hydrogen) atoms. The molecule has 3 aromatic heterocycles. The summed E-state index contributed by atoms with van der Waals surface area (Å²) in [5, 5.41) is 12.0. The summed E-state index contributed by atoms with van der Waals surface area (Å²) < 4.78 is 20.9. The molecule has 10 nitrogen and oxygen atoms in total. The molecule has 0 fully saturated rings. The van der Waals surface area contributed by atoms with E-state index in [4.69, 9.17) is 19.3 Å². The van der Waals surface area contributed by atoms with E-state index in [0.29, 0.717) is 24.7 Å². The van der Waals surface area contributed by atoms with Gasteiger partial charge in [-0.2, -0.15) is 10.2 Å². The van der Waals surface area contributed by atoms with Gasteiger partial charge in [-0.3, -0.25) is 0 Å². The van der Waals surface area contributed by atoms with Gasteiger partial charge in [-0.15, -0.1) is 0 Å². The summed E-state index contributed by atoms with van der Waals surface area (Å²) >= 11 is 0. The van der Waals surface area contributed by atoms with Crippen LogP contribution in [0.3, 0.4) is 0 Å². The van der Waals surface area contributed by atoms with Gasteiger partial charge < -0.3 is 19.5 Å². The third kappa shape index (κ3) is 6.53. The lowest BCUT2D eigenvalue weighted by molar-refractivity contribution is 0.0799. The second kappa shape index (κ2) is 12.2. The van der Waals surface area contributed by atoms with Crippen molar-refractivity contribution >= 4 is 19.8 Å². The minimum atomic E-state index is -1.24. The van der Waals surface area contributed by atoms with E-state index in [1.807, 2.05) is 48.1 Å². The Morgan fingerprint density at radius 1 is 1.10 bits per heavy atom. The minimum Gasteiger partial charge on any atom is -0.493 e. The van der Waals surface area contributed by atoms with Crippen LogP contribution in [0.1, 0.15) is 43.9 Å². The van der Waals surface area contributed by atoms with Gasteiger partial charge in [-0.05, 0) is 30.5 Å². The summed E-state index contributed by atoms with van der Waals surface area (Å²) in [6.45, 7) is 14.2. The number of carbonyl (C=O) groups excluding carboxylic acids is 1. The number of benzene rings is 1. The fourth-order valence-corrected chi connectivity index (χ4v) is 5.29. The van der Waals surface area contributed by atoms with Crippen molar-refractivity contribution in [2.45, 2.75) is 65.2 Å².